The summed E-state index contributed by atoms with van der Waals surface area (Å²) in [6.07, 6.45) is -9.96. The Morgan fingerprint density at radius 1 is 0.935 bits per heavy atom. The lowest BCUT2D eigenvalue weighted by Gasteiger charge is -2.42. The number of hydrogen-bond acceptors (Lipinski definition) is 13. The van der Waals surface area contributed by atoms with Crippen LogP contribution in [-0.4, -0.2) is 112 Å². The minimum atomic E-state index is -4.98. The van der Waals surface area contributed by atoms with Crippen LogP contribution in [-0.2, 0) is 53.7 Å². The molecule has 2 saturated heterocycles. The molecule has 2 heterocycles. The average Bonchev–Trinajstić information content (AvgIpc) is 2.57. The molecule has 0 radical (unpaired) electrons. The van der Waals surface area contributed by atoms with Crippen LogP contribution in [0.4, 0.5) is 0 Å². The van der Waals surface area contributed by atoms with Crippen molar-refractivity contribution in [2.75, 3.05) is 19.8 Å². The van der Waals surface area contributed by atoms with Crippen molar-refractivity contribution in [3.8, 4) is 0 Å². The monoisotopic (exact) mass is 519 g/mol. The summed E-state index contributed by atoms with van der Waals surface area (Å²) >= 11 is 0. The van der Waals surface area contributed by atoms with Crippen molar-refractivity contribution in [3.63, 3.8) is 0 Å². The van der Waals surface area contributed by atoms with Crippen molar-refractivity contribution >= 4 is 31.1 Å². The topological polar surface area (TPSA) is 262 Å². The van der Waals surface area contributed by atoms with Gasteiger partial charge >= 0.3 is 31.1 Å². The summed E-state index contributed by atoms with van der Waals surface area (Å²) in [7, 11) is -14.7. The van der Waals surface area contributed by atoms with Gasteiger partial charge in [0.2, 0.25) is 0 Å². The van der Waals surface area contributed by atoms with E-state index in [0.717, 1.165) is 0 Å². The maximum Gasteiger partial charge on any atom is 0.397 e. The van der Waals surface area contributed by atoms with E-state index in [4.69, 9.17) is 27.9 Å². The zero-order chi connectivity index (χ0) is 23.6. The van der Waals surface area contributed by atoms with Crippen LogP contribution in [0.25, 0.3) is 0 Å². The molecule has 7 atom stereocenters. The Kier molecular flexibility index (Phi) is 8.71. The number of rotatable bonds is 9. The molecule has 17 nitrogen and oxygen atoms in total. The first-order valence-corrected chi connectivity index (χ1v) is 12.5. The van der Waals surface area contributed by atoms with Gasteiger partial charge in [-0.3, -0.25) is 13.7 Å². The zero-order valence-corrected chi connectivity index (χ0v) is 17.8. The van der Waals surface area contributed by atoms with Crippen molar-refractivity contribution in [1.29, 1.82) is 0 Å². The molecule has 0 aromatic heterocycles. The van der Waals surface area contributed by atoms with Crippen LogP contribution in [0.2, 0.25) is 0 Å². The number of nitrogens with one attached hydrogen (secondary N) is 1. The van der Waals surface area contributed by atoms with E-state index in [2.05, 4.69) is 8.37 Å². The van der Waals surface area contributed by atoms with E-state index in [1.807, 2.05) is 0 Å². The molecule has 20 heteroatoms. The Balaban J connectivity index is 2.17. The minimum absolute atomic E-state index is 0.396. The van der Waals surface area contributed by atoms with E-state index in [1.165, 1.54) is 0 Å². The summed E-state index contributed by atoms with van der Waals surface area (Å²) in [5, 5.41) is 20.4. The fraction of sp³-hybridized carbons (Fsp3) is 1.00. The fourth-order valence-electron chi connectivity index (χ4n) is 2.89. The van der Waals surface area contributed by atoms with Crippen LogP contribution in [0.5, 0.6) is 0 Å². The Morgan fingerprint density at radius 3 is 2.10 bits per heavy atom. The van der Waals surface area contributed by atoms with Crippen molar-refractivity contribution in [2.45, 2.75) is 49.3 Å². The molecule has 0 aromatic carbocycles. The van der Waals surface area contributed by atoms with E-state index < -0.39 is 100 Å². The molecule has 0 aromatic rings. The normalized spacial score (nSPS) is 35.7. The molecular weight excluding hydrogens is 498 g/mol. The highest BCUT2D eigenvalue weighted by molar-refractivity contribution is 7.83. The summed E-state index contributed by atoms with van der Waals surface area (Å²) < 4.78 is 118. The van der Waals surface area contributed by atoms with Crippen LogP contribution in [0.15, 0.2) is 0 Å². The first-order chi connectivity index (χ1) is 14.0. The summed E-state index contributed by atoms with van der Waals surface area (Å²) in [4.78, 5) is 0. The second-order valence-electron chi connectivity index (χ2n) is 6.53. The van der Waals surface area contributed by atoms with Gasteiger partial charge in [-0.15, -0.1) is 0 Å². The van der Waals surface area contributed by atoms with E-state index >= 15 is 0 Å². The zero-order valence-electron chi connectivity index (χ0n) is 15.3. The predicted octanol–water partition coefficient (Wildman–Crippen LogP) is -3.99. The summed E-state index contributed by atoms with van der Waals surface area (Å²) in [6, 6.07) is -1.67. The van der Waals surface area contributed by atoms with Gasteiger partial charge in [-0.1, -0.05) is 0 Å². The first-order valence-electron chi connectivity index (χ1n) is 8.31. The number of aliphatic hydroxyl groups excluding tert-OH is 2. The average molecular weight is 519 g/mol. The molecule has 2 aliphatic heterocycles. The van der Waals surface area contributed by atoms with Crippen LogP contribution in [0, 0.1) is 0 Å². The quantitative estimate of drug-likeness (QED) is 0.158. The third kappa shape index (κ3) is 9.05. The van der Waals surface area contributed by atoms with Crippen LogP contribution < -0.4 is 4.72 Å². The molecule has 2 rings (SSSR count). The van der Waals surface area contributed by atoms with Gasteiger partial charge in [-0.2, -0.15) is 30.0 Å². The first kappa shape index (κ1) is 26.7. The van der Waals surface area contributed by atoms with Crippen LogP contribution >= 0.6 is 0 Å². The van der Waals surface area contributed by atoms with E-state index in [1.54, 1.807) is 4.72 Å². The van der Waals surface area contributed by atoms with Gasteiger partial charge in [-0.25, -0.2) is 8.37 Å². The molecule has 6 N–H and O–H groups in total. The van der Waals surface area contributed by atoms with Crippen LogP contribution in [0.1, 0.15) is 6.42 Å². The van der Waals surface area contributed by atoms with Crippen molar-refractivity contribution < 1.29 is 71.7 Å². The second kappa shape index (κ2) is 10.1. The molecule has 0 aliphatic carbocycles. The van der Waals surface area contributed by atoms with Gasteiger partial charge in [0.15, 0.2) is 6.29 Å². The standard InChI is InChI=1S/C11H21NO16S3/c13-6-1-5(2-25-30(18,19)20)26-11(9(6)12-29(15,16)17)27-7-3-24-4-8(10(7)14)28-31(21,22)23/h5-14H,1-4H2,(H,15,16,17)(H,18,19,20)(H,21,22,23)/t5?,6-,7-,8?,9?,10-,11-/m0/s1. The van der Waals surface area contributed by atoms with Crippen molar-refractivity contribution in [1.82, 2.24) is 4.72 Å². The van der Waals surface area contributed by atoms with Gasteiger partial charge in [-0.05, 0) is 0 Å². The van der Waals surface area contributed by atoms with Crippen molar-refractivity contribution in [2.24, 2.45) is 0 Å². The third-order valence-corrected chi connectivity index (χ3v) is 5.60. The minimum Gasteiger partial charge on any atom is -0.391 e. The molecule has 2 aliphatic rings. The molecule has 3 unspecified atom stereocenters. The molecule has 0 bridgehead atoms. The van der Waals surface area contributed by atoms with Gasteiger partial charge in [0.05, 0.1) is 32.0 Å². The van der Waals surface area contributed by atoms with Gasteiger partial charge in [0.25, 0.3) is 0 Å². The Hall–Kier alpha value is -0.590. The maximum absolute atomic E-state index is 11.2. The Labute approximate surface area is 177 Å². The summed E-state index contributed by atoms with van der Waals surface area (Å²) in [5.41, 5.74) is 0. The lowest BCUT2D eigenvalue weighted by Crippen LogP contribution is -2.61. The highest BCUT2D eigenvalue weighted by Gasteiger charge is 2.45. The molecule has 0 amide bonds. The maximum atomic E-state index is 11.2. The molecular formula is C11H21NO16S3. The molecule has 0 saturated carbocycles. The second-order valence-corrected chi connectivity index (χ2v) is 9.85. The number of ether oxygens (including phenoxy) is 3. The SMILES string of the molecule is O=S(=O)(O)NC1[C@H](O[C@H]2COCC(OS(=O)(=O)O)[C@H]2O)OC(COS(=O)(=O)O)C[C@@H]1O. The Bertz CT molecular complexity index is 918. The number of aliphatic hydroxyl groups is 2. The number of hydrogen-bond donors (Lipinski definition) is 6. The summed E-state index contributed by atoms with van der Waals surface area (Å²) in [6.45, 7) is -1.67. The lowest BCUT2D eigenvalue weighted by molar-refractivity contribution is -0.279. The smallest absolute Gasteiger partial charge is 0.391 e. The highest BCUT2D eigenvalue weighted by Crippen LogP contribution is 2.26. The lowest BCUT2D eigenvalue weighted by atomic mass is 10.0. The molecule has 0 spiro atoms. The molecule has 2 fully saturated rings. The van der Waals surface area contributed by atoms with Crippen molar-refractivity contribution in [3.05, 3.63) is 0 Å². The van der Waals surface area contributed by atoms with Gasteiger partial charge in [0, 0.05) is 6.42 Å². The van der Waals surface area contributed by atoms with Crippen LogP contribution in [0.3, 0.4) is 0 Å². The summed E-state index contributed by atoms with van der Waals surface area (Å²) in [5.74, 6) is 0. The Morgan fingerprint density at radius 2 is 1.55 bits per heavy atom. The largest absolute Gasteiger partial charge is 0.397 e. The van der Waals surface area contributed by atoms with E-state index in [-0.39, 0.29) is 0 Å². The predicted molar refractivity (Wildman–Crippen MR) is 93.4 cm³/mol. The fourth-order valence-corrected chi connectivity index (χ4v) is 4.31. The van der Waals surface area contributed by atoms with Gasteiger partial charge < -0.3 is 24.4 Å². The van der Waals surface area contributed by atoms with E-state index in [0.29, 0.717) is 0 Å². The molecule has 184 valence electrons. The highest BCUT2D eigenvalue weighted by atomic mass is 32.3. The third-order valence-electron chi connectivity index (χ3n) is 4.11. The van der Waals surface area contributed by atoms with Gasteiger partial charge in [0.1, 0.15) is 24.4 Å². The van der Waals surface area contributed by atoms with E-state index in [9.17, 15) is 35.5 Å². The molecule has 31 heavy (non-hydrogen) atoms.